The lowest BCUT2D eigenvalue weighted by Crippen LogP contribution is -2.56. The first kappa shape index (κ1) is 18.7. The van der Waals surface area contributed by atoms with Crippen molar-refractivity contribution in [3.05, 3.63) is 66.0 Å². The number of aromatic nitrogens is 1. The molecule has 2 aromatic rings. The molecule has 0 unspecified atom stereocenters. The van der Waals surface area contributed by atoms with E-state index in [0.29, 0.717) is 44.6 Å². The number of carbonyl (C=O) groups excluding carboxylic acids is 1. The molecule has 4 heterocycles. The number of hydrogen-bond donors (Lipinski definition) is 0. The van der Waals surface area contributed by atoms with E-state index in [4.69, 9.17) is 4.74 Å². The van der Waals surface area contributed by atoms with Crippen LogP contribution in [0.4, 0.5) is 0 Å². The maximum absolute atomic E-state index is 13.2. The lowest BCUT2D eigenvalue weighted by atomic mass is 9.99. The van der Waals surface area contributed by atoms with E-state index in [2.05, 4.69) is 4.98 Å². The van der Waals surface area contributed by atoms with Crippen LogP contribution in [-0.2, 0) is 21.2 Å². The van der Waals surface area contributed by atoms with Crippen LogP contribution in [0.5, 0.6) is 0 Å². The van der Waals surface area contributed by atoms with Crippen molar-refractivity contribution in [2.75, 3.05) is 26.2 Å². The monoisotopic (exact) mass is 413 g/mol. The Morgan fingerprint density at radius 3 is 2.66 bits per heavy atom. The van der Waals surface area contributed by atoms with Crippen LogP contribution in [0.15, 0.2) is 54.9 Å². The number of ether oxygens (including phenoxy) is 1. The quantitative estimate of drug-likeness (QED) is 0.755. The van der Waals surface area contributed by atoms with E-state index in [0.717, 1.165) is 5.56 Å². The second-order valence-electron chi connectivity index (χ2n) is 8.06. The van der Waals surface area contributed by atoms with Crippen LogP contribution in [0.25, 0.3) is 0 Å². The fourth-order valence-corrected chi connectivity index (χ4v) is 7.19. The highest BCUT2D eigenvalue weighted by molar-refractivity contribution is 7.90. The average molecular weight is 413 g/mol. The Bertz CT molecular complexity index is 1010. The Balaban J connectivity index is 1.36. The number of rotatable bonds is 4. The Kier molecular flexibility index (Phi) is 4.45. The highest BCUT2D eigenvalue weighted by atomic mass is 32.2. The second kappa shape index (κ2) is 6.90. The number of benzene rings is 1. The third kappa shape index (κ3) is 3.15. The Hall–Kier alpha value is -2.29. The molecule has 2 bridgehead atoms. The van der Waals surface area contributed by atoms with E-state index < -0.39 is 20.9 Å². The number of hydrogen-bond acceptors (Lipinski definition) is 5. The van der Waals surface area contributed by atoms with Crippen molar-refractivity contribution in [2.24, 2.45) is 0 Å². The van der Waals surface area contributed by atoms with Gasteiger partial charge in [-0.1, -0.05) is 30.3 Å². The van der Waals surface area contributed by atoms with Crippen LogP contribution in [0.2, 0.25) is 0 Å². The van der Waals surface area contributed by atoms with Gasteiger partial charge in [-0.25, -0.2) is 8.42 Å². The number of nitrogens with zero attached hydrogens (tertiary/aromatic N) is 3. The maximum Gasteiger partial charge on any atom is 0.254 e. The fraction of sp³-hybridized carbons (Fsp3) is 0.429. The fourth-order valence-electron chi connectivity index (χ4n) is 4.88. The van der Waals surface area contributed by atoms with Crippen molar-refractivity contribution in [3.8, 4) is 0 Å². The minimum absolute atomic E-state index is 0.0964. The molecule has 3 atom stereocenters. The van der Waals surface area contributed by atoms with Gasteiger partial charge in [-0.05, 0) is 30.5 Å². The summed E-state index contributed by atoms with van der Waals surface area (Å²) in [7, 11) is -3.45. The minimum atomic E-state index is -3.45. The summed E-state index contributed by atoms with van der Waals surface area (Å²) >= 11 is 0. The zero-order valence-corrected chi connectivity index (χ0v) is 16.8. The number of amides is 1. The first-order chi connectivity index (χ1) is 14.0. The van der Waals surface area contributed by atoms with Crippen LogP contribution in [-0.4, -0.2) is 71.6 Å². The van der Waals surface area contributed by atoms with Crippen LogP contribution in [0.1, 0.15) is 22.3 Å². The van der Waals surface area contributed by atoms with Crippen LogP contribution in [0.3, 0.4) is 0 Å². The third-order valence-corrected chi connectivity index (χ3v) is 8.59. The SMILES string of the molecule is O=C(c1ccncc1)N1C[C@H]2C[C@H]3[C@](C1)(CN(CCc1ccccc1)S3(=O)=O)O2. The van der Waals surface area contributed by atoms with Gasteiger partial charge >= 0.3 is 0 Å². The minimum Gasteiger partial charge on any atom is -0.365 e. The van der Waals surface area contributed by atoms with Gasteiger partial charge in [0.1, 0.15) is 10.9 Å². The average Bonchev–Trinajstić information content (AvgIpc) is 3.12. The summed E-state index contributed by atoms with van der Waals surface area (Å²) in [6, 6.07) is 13.2. The topological polar surface area (TPSA) is 79.8 Å². The van der Waals surface area contributed by atoms with Gasteiger partial charge in [-0.2, -0.15) is 4.31 Å². The second-order valence-corrected chi connectivity index (χ2v) is 10.2. The summed E-state index contributed by atoms with van der Waals surface area (Å²) in [4.78, 5) is 18.6. The summed E-state index contributed by atoms with van der Waals surface area (Å²) in [5, 5.41) is -0.578. The van der Waals surface area contributed by atoms with E-state index in [1.54, 1.807) is 33.7 Å². The van der Waals surface area contributed by atoms with Gasteiger partial charge in [0.25, 0.3) is 5.91 Å². The zero-order valence-electron chi connectivity index (χ0n) is 16.0. The molecule has 152 valence electrons. The molecule has 3 saturated heterocycles. The Morgan fingerprint density at radius 2 is 1.90 bits per heavy atom. The van der Waals surface area contributed by atoms with Gasteiger partial charge in [0.2, 0.25) is 10.0 Å². The predicted octanol–water partition coefficient (Wildman–Crippen LogP) is 1.32. The highest BCUT2D eigenvalue weighted by Gasteiger charge is 2.65. The van der Waals surface area contributed by atoms with Crippen molar-refractivity contribution in [2.45, 2.75) is 29.8 Å². The van der Waals surface area contributed by atoms with Crippen molar-refractivity contribution in [3.63, 3.8) is 0 Å². The van der Waals surface area contributed by atoms with E-state index in [1.165, 1.54) is 0 Å². The number of likely N-dealkylation sites (tertiary alicyclic amines) is 1. The van der Waals surface area contributed by atoms with Gasteiger partial charge in [-0.15, -0.1) is 0 Å². The Morgan fingerprint density at radius 1 is 1.14 bits per heavy atom. The largest absolute Gasteiger partial charge is 0.365 e. The molecule has 1 spiro atoms. The van der Waals surface area contributed by atoms with E-state index >= 15 is 0 Å². The first-order valence-electron chi connectivity index (χ1n) is 9.88. The van der Waals surface area contributed by atoms with Crippen LogP contribution in [0, 0.1) is 0 Å². The summed E-state index contributed by atoms with van der Waals surface area (Å²) < 4.78 is 34.2. The molecule has 0 saturated carbocycles. The molecular formula is C21H23N3O4S. The predicted molar refractivity (Wildman–Crippen MR) is 107 cm³/mol. The number of pyridine rings is 1. The first-order valence-corrected chi connectivity index (χ1v) is 11.4. The molecule has 1 amide bonds. The van der Waals surface area contributed by atoms with Crippen molar-refractivity contribution < 1.29 is 17.9 Å². The molecule has 0 radical (unpaired) electrons. The van der Waals surface area contributed by atoms with Crippen molar-refractivity contribution >= 4 is 15.9 Å². The molecule has 8 heteroatoms. The smallest absolute Gasteiger partial charge is 0.254 e. The summed E-state index contributed by atoms with van der Waals surface area (Å²) in [5.74, 6) is -0.0964. The summed E-state index contributed by atoms with van der Waals surface area (Å²) in [6.45, 7) is 1.47. The number of carbonyl (C=O) groups is 1. The number of sulfonamides is 1. The molecule has 5 rings (SSSR count). The number of morpholine rings is 1. The lowest BCUT2D eigenvalue weighted by molar-refractivity contribution is -0.0976. The van der Waals surface area contributed by atoms with Gasteiger partial charge in [-0.3, -0.25) is 9.78 Å². The van der Waals surface area contributed by atoms with E-state index in [-0.39, 0.29) is 12.0 Å². The Labute approximate surface area is 170 Å². The van der Waals surface area contributed by atoms with E-state index in [1.807, 2.05) is 30.3 Å². The normalized spacial score (nSPS) is 30.3. The van der Waals surface area contributed by atoms with E-state index in [9.17, 15) is 13.2 Å². The van der Waals surface area contributed by atoms with Crippen LogP contribution >= 0.6 is 0 Å². The van der Waals surface area contributed by atoms with Gasteiger partial charge in [0.05, 0.1) is 12.6 Å². The molecule has 3 fully saturated rings. The van der Waals surface area contributed by atoms with Crippen LogP contribution < -0.4 is 0 Å². The highest BCUT2D eigenvalue weighted by Crippen LogP contribution is 2.46. The van der Waals surface area contributed by atoms with Crippen molar-refractivity contribution in [1.29, 1.82) is 0 Å². The molecular weight excluding hydrogens is 390 g/mol. The lowest BCUT2D eigenvalue weighted by Gasteiger charge is -2.39. The molecule has 3 aliphatic heterocycles. The van der Waals surface area contributed by atoms with Crippen molar-refractivity contribution in [1.82, 2.24) is 14.2 Å². The molecule has 0 aliphatic carbocycles. The molecule has 0 N–H and O–H groups in total. The third-order valence-electron chi connectivity index (χ3n) is 6.22. The summed E-state index contributed by atoms with van der Waals surface area (Å²) in [5.41, 5.74) is 0.839. The molecule has 3 aliphatic rings. The van der Waals surface area contributed by atoms with Gasteiger partial charge in [0, 0.05) is 37.6 Å². The standard InChI is InChI=1S/C21H23N3O4S/c25-20(17-6-9-22-10-7-17)23-13-18-12-19-21(14-23,28-18)15-24(29(19,26)27)11-8-16-4-2-1-3-5-16/h1-7,9-10,18-19H,8,11-15H2/t18-,19+,21+/m1/s1. The van der Waals surface area contributed by atoms with Gasteiger partial charge in [0.15, 0.2) is 0 Å². The molecule has 1 aromatic heterocycles. The zero-order chi connectivity index (χ0) is 20.1. The molecule has 29 heavy (non-hydrogen) atoms. The summed E-state index contributed by atoms with van der Waals surface area (Å²) in [6.07, 6.45) is 4.06. The number of fused-ring (bicyclic) bond motifs is 1. The molecule has 1 aromatic carbocycles. The van der Waals surface area contributed by atoms with Gasteiger partial charge < -0.3 is 9.64 Å². The molecule has 7 nitrogen and oxygen atoms in total. The maximum atomic E-state index is 13.2.